The standard InChI is InChI=1S/C24H28N2O4/c1-17(2)23(25-22(28)16-30-21-6-4-3-5-7-21)24(29)26-14-12-19(13-15-26)18-8-10-20(27)11-9-18/h3-12,17,23,27H,13-16H2,1-2H3,(H,25,28). The van der Waals surface area contributed by atoms with Crippen LogP contribution in [0.25, 0.3) is 5.57 Å². The Morgan fingerprint density at radius 1 is 1.10 bits per heavy atom. The zero-order valence-corrected chi connectivity index (χ0v) is 17.4. The highest BCUT2D eigenvalue weighted by Crippen LogP contribution is 2.24. The number of benzene rings is 2. The average molecular weight is 408 g/mol. The van der Waals surface area contributed by atoms with Gasteiger partial charge >= 0.3 is 0 Å². The second-order valence-electron chi connectivity index (χ2n) is 7.70. The lowest BCUT2D eigenvalue weighted by molar-refractivity contribution is -0.137. The maximum absolute atomic E-state index is 13.0. The number of carbonyl (C=O) groups is 2. The van der Waals surface area contributed by atoms with Crippen molar-refractivity contribution in [2.24, 2.45) is 5.92 Å². The summed E-state index contributed by atoms with van der Waals surface area (Å²) in [6, 6.07) is 15.6. The van der Waals surface area contributed by atoms with Gasteiger partial charge in [-0.15, -0.1) is 0 Å². The van der Waals surface area contributed by atoms with E-state index >= 15 is 0 Å². The van der Waals surface area contributed by atoms with E-state index in [1.807, 2.05) is 50.3 Å². The number of phenols is 1. The van der Waals surface area contributed by atoms with Crippen molar-refractivity contribution in [3.05, 3.63) is 66.2 Å². The zero-order chi connectivity index (χ0) is 21.5. The summed E-state index contributed by atoms with van der Waals surface area (Å²) in [6.07, 6.45) is 2.76. The second kappa shape index (κ2) is 9.96. The van der Waals surface area contributed by atoms with Gasteiger partial charge in [-0.05, 0) is 47.7 Å². The first kappa shape index (κ1) is 21.4. The molecule has 158 valence electrons. The van der Waals surface area contributed by atoms with E-state index < -0.39 is 6.04 Å². The number of hydrogen-bond acceptors (Lipinski definition) is 4. The van der Waals surface area contributed by atoms with E-state index in [0.29, 0.717) is 18.8 Å². The fourth-order valence-electron chi connectivity index (χ4n) is 3.40. The van der Waals surface area contributed by atoms with Crippen molar-refractivity contribution >= 4 is 17.4 Å². The quantitative estimate of drug-likeness (QED) is 0.737. The number of carbonyl (C=O) groups excluding carboxylic acids is 2. The van der Waals surface area contributed by atoms with E-state index in [2.05, 4.69) is 5.32 Å². The van der Waals surface area contributed by atoms with Gasteiger partial charge in [-0.3, -0.25) is 9.59 Å². The van der Waals surface area contributed by atoms with Crippen molar-refractivity contribution in [3.8, 4) is 11.5 Å². The third-order valence-electron chi connectivity index (χ3n) is 5.12. The lowest BCUT2D eigenvalue weighted by atomic mass is 9.97. The molecule has 0 aliphatic carbocycles. The van der Waals surface area contributed by atoms with Crippen molar-refractivity contribution in [1.29, 1.82) is 0 Å². The predicted octanol–water partition coefficient (Wildman–Crippen LogP) is 3.23. The molecule has 0 saturated carbocycles. The molecule has 2 aromatic rings. The van der Waals surface area contributed by atoms with Crippen LogP contribution in [0, 0.1) is 5.92 Å². The van der Waals surface area contributed by atoms with Gasteiger partial charge in [-0.25, -0.2) is 0 Å². The molecular weight excluding hydrogens is 380 g/mol. The van der Waals surface area contributed by atoms with Crippen LogP contribution in [0.2, 0.25) is 0 Å². The largest absolute Gasteiger partial charge is 0.508 e. The number of nitrogens with one attached hydrogen (secondary N) is 1. The van der Waals surface area contributed by atoms with Crippen LogP contribution in [0.3, 0.4) is 0 Å². The highest BCUT2D eigenvalue weighted by atomic mass is 16.5. The Morgan fingerprint density at radius 3 is 2.40 bits per heavy atom. The third kappa shape index (κ3) is 5.63. The van der Waals surface area contributed by atoms with Crippen LogP contribution in [0.15, 0.2) is 60.7 Å². The minimum atomic E-state index is -0.597. The van der Waals surface area contributed by atoms with Crippen LogP contribution in [0.4, 0.5) is 0 Å². The minimum Gasteiger partial charge on any atom is -0.508 e. The molecule has 0 fully saturated rings. The first-order chi connectivity index (χ1) is 14.4. The van der Waals surface area contributed by atoms with Gasteiger partial charge in [0.05, 0.1) is 0 Å². The summed E-state index contributed by atoms with van der Waals surface area (Å²) < 4.78 is 5.48. The van der Waals surface area contributed by atoms with Gasteiger partial charge in [0.15, 0.2) is 6.61 Å². The first-order valence-corrected chi connectivity index (χ1v) is 10.2. The Kier molecular flexibility index (Phi) is 7.12. The Labute approximate surface area is 177 Å². The molecule has 1 heterocycles. The molecule has 0 aromatic heterocycles. The monoisotopic (exact) mass is 408 g/mol. The molecule has 0 bridgehead atoms. The Hall–Kier alpha value is -3.28. The zero-order valence-electron chi connectivity index (χ0n) is 17.4. The van der Waals surface area contributed by atoms with E-state index in [0.717, 1.165) is 17.6 Å². The van der Waals surface area contributed by atoms with Crippen LogP contribution in [-0.4, -0.2) is 47.6 Å². The highest BCUT2D eigenvalue weighted by molar-refractivity contribution is 5.89. The summed E-state index contributed by atoms with van der Waals surface area (Å²) in [5, 5.41) is 12.3. The Bertz CT molecular complexity index is 891. The molecule has 1 aliphatic rings. The molecule has 1 unspecified atom stereocenters. The second-order valence-corrected chi connectivity index (χ2v) is 7.70. The molecule has 2 N–H and O–H groups in total. The maximum Gasteiger partial charge on any atom is 0.258 e. The normalized spacial score (nSPS) is 14.8. The van der Waals surface area contributed by atoms with Crippen molar-refractivity contribution in [2.45, 2.75) is 26.3 Å². The first-order valence-electron chi connectivity index (χ1n) is 10.2. The van der Waals surface area contributed by atoms with Crippen LogP contribution < -0.4 is 10.1 Å². The number of hydrogen-bond donors (Lipinski definition) is 2. The van der Waals surface area contributed by atoms with Gasteiger partial charge in [0.1, 0.15) is 17.5 Å². The fraction of sp³-hybridized carbons (Fsp3) is 0.333. The highest BCUT2D eigenvalue weighted by Gasteiger charge is 2.29. The topological polar surface area (TPSA) is 78.9 Å². The number of amides is 2. The Morgan fingerprint density at radius 2 is 1.80 bits per heavy atom. The smallest absolute Gasteiger partial charge is 0.258 e. The fourth-order valence-corrected chi connectivity index (χ4v) is 3.40. The summed E-state index contributed by atoms with van der Waals surface area (Å²) in [5.74, 6) is 0.407. The summed E-state index contributed by atoms with van der Waals surface area (Å²) in [7, 11) is 0. The molecule has 2 aromatic carbocycles. The van der Waals surface area contributed by atoms with Gasteiger partial charge in [0.2, 0.25) is 5.91 Å². The van der Waals surface area contributed by atoms with E-state index in [4.69, 9.17) is 4.74 Å². The molecule has 0 radical (unpaired) electrons. The Balaban J connectivity index is 1.57. The van der Waals surface area contributed by atoms with Crippen molar-refractivity contribution in [1.82, 2.24) is 10.2 Å². The van der Waals surface area contributed by atoms with E-state index in [9.17, 15) is 14.7 Å². The van der Waals surface area contributed by atoms with Crippen molar-refractivity contribution < 1.29 is 19.4 Å². The van der Waals surface area contributed by atoms with E-state index in [1.54, 1.807) is 29.2 Å². The average Bonchev–Trinajstić information content (AvgIpc) is 2.77. The van der Waals surface area contributed by atoms with Gasteiger partial charge < -0.3 is 20.1 Å². The van der Waals surface area contributed by atoms with Gasteiger partial charge in [0.25, 0.3) is 5.91 Å². The lowest BCUT2D eigenvalue weighted by Crippen LogP contribution is -2.53. The summed E-state index contributed by atoms with van der Waals surface area (Å²) >= 11 is 0. The molecule has 3 rings (SSSR count). The lowest BCUT2D eigenvalue weighted by Gasteiger charge is -2.32. The minimum absolute atomic E-state index is 0.0411. The van der Waals surface area contributed by atoms with Crippen LogP contribution in [0.1, 0.15) is 25.8 Å². The number of ether oxygens (including phenoxy) is 1. The number of aromatic hydroxyl groups is 1. The van der Waals surface area contributed by atoms with Crippen molar-refractivity contribution in [2.75, 3.05) is 19.7 Å². The number of rotatable bonds is 7. The number of phenolic OH excluding ortho intramolecular Hbond substituents is 1. The van der Waals surface area contributed by atoms with E-state index in [-0.39, 0.29) is 30.1 Å². The molecule has 6 nitrogen and oxygen atoms in total. The van der Waals surface area contributed by atoms with E-state index in [1.165, 1.54) is 0 Å². The molecule has 1 atom stereocenters. The summed E-state index contributed by atoms with van der Waals surface area (Å²) in [6.45, 7) is 4.79. The van der Waals surface area contributed by atoms with Gasteiger partial charge in [0, 0.05) is 13.1 Å². The molecule has 1 aliphatic heterocycles. The number of para-hydroxylation sites is 1. The van der Waals surface area contributed by atoms with Crippen molar-refractivity contribution in [3.63, 3.8) is 0 Å². The van der Waals surface area contributed by atoms with Crippen LogP contribution >= 0.6 is 0 Å². The van der Waals surface area contributed by atoms with Gasteiger partial charge in [-0.2, -0.15) is 0 Å². The molecule has 30 heavy (non-hydrogen) atoms. The molecule has 0 spiro atoms. The molecule has 0 saturated heterocycles. The summed E-state index contributed by atoms with van der Waals surface area (Å²) in [4.78, 5) is 27.2. The predicted molar refractivity (Wildman–Crippen MR) is 116 cm³/mol. The van der Waals surface area contributed by atoms with Crippen LogP contribution in [0.5, 0.6) is 11.5 Å². The third-order valence-corrected chi connectivity index (χ3v) is 5.12. The van der Waals surface area contributed by atoms with Crippen LogP contribution in [-0.2, 0) is 9.59 Å². The molecular formula is C24H28N2O4. The molecule has 2 amide bonds. The summed E-state index contributed by atoms with van der Waals surface area (Å²) in [5.41, 5.74) is 2.20. The maximum atomic E-state index is 13.0. The van der Waals surface area contributed by atoms with Gasteiger partial charge in [-0.1, -0.05) is 50.3 Å². The number of nitrogens with zero attached hydrogens (tertiary/aromatic N) is 1. The molecule has 6 heteroatoms. The SMILES string of the molecule is CC(C)C(NC(=O)COc1ccccc1)C(=O)N1CC=C(c2ccc(O)cc2)CC1.